The smallest absolute Gasteiger partial charge is 0.227 e. The Balaban J connectivity index is 1.56. The molecular formula is C23H33ClN2O2. The van der Waals surface area contributed by atoms with E-state index in [9.17, 15) is 9.59 Å². The van der Waals surface area contributed by atoms with Crippen LogP contribution in [0.25, 0.3) is 0 Å². The van der Waals surface area contributed by atoms with Crippen molar-refractivity contribution in [2.75, 3.05) is 11.4 Å². The van der Waals surface area contributed by atoms with Crippen LogP contribution in [0.4, 0.5) is 5.69 Å². The molecule has 2 fully saturated rings. The third-order valence-corrected chi connectivity index (χ3v) is 7.53. The summed E-state index contributed by atoms with van der Waals surface area (Å²) in [7, 11) is 0. The number of halogens is 1. The maximum absolute atomic E-state index is 12.8. The molecule has 1 aromatic rings. The second-order valence-electron chi connectivity index (χ2n) is 9.19. The fraction of sp³-hybridized carbons (Fsp3) is 0.652. The van der Waals surface area contributed by atoms with Crippen LogP contribution in [0.5, 0.6) is 0 Å². The number of amides is 2. The van der Waals surface area contributed by atoms with Crippen LogP contribution < -0.4 is 10.2 Å². The largest absolute Gasteiger partial charge is 0.353 e. The van der Waals surface area contributed by atoms with Crippen molar-refractivity contribution in [2.45, 2.75) is 72.3 Å². The summed E-state index contributed by atoms with van der Waals surface area (Å²) in [4.78, 5) is 27.1. The minimum atomic E-state index is -0.282. The van der Waals surface area contributed by atoms with Crippen molar-refractivity contribution in [1.29, 1.82) is 0 Å². The average molecular weight is 405 g/mol. The highest BCUT2D eigenvalue weighted by molar-refractivity contribution is 6.31. The van der Waals surface area contributed by atoms with E-state index in [1.807, 2.05) is 25.1 Å². The van der Waals surface area contributed by atoms with Gasteiger partial charge in [-0.2, -0.15) is 0 Å². The van der Waals surface area contributed by atoms with E-state index in [2.05, 4.69) is 26.1 Å². The zero-order chi connectivity index (χ0) is 20.5. The summed E-state index contributed by atoms with van der Waals surface area (Å²) in [6, 6.07) is 5.81. The van der Waals surface area contributed by atoms with E-state index in [1.54, 1.807) is 4.90 Å². The lowest BCUT2D eigenvalue weighted by atomic mass is 9.69. The van der Waals surface area contributed by atoms with Gasteiger partial charge in [0, 0.05) is 29.7 Å². The molecule has 4 nitrogen and oxygen atoms in total. The molecule has 0 unspecified atom stereocenters. The van der Waals surface area contributed by atoms with Gasteiger partial charge in [0.15, 0.2) is 0 Å². The first-order chi connectivity index (χ1) is 13.2. The average Bonchev–Trinajstić information content (AvgIpc) is 3.06. The van der Waals surface area contributed by atoms with E-state index < -0.39 is 0 Å². The van der Waals surface area contributed by atoms with Crippen molar-refractivity contribution in [2.24, 2.45) is 17.3 Å². The first-order valence-corrected chi connectivity index (χ1v) is 11.0. The summed E-state index contributed by atoms with van der Waals surface area (Å²) in [5.74, 6) is 0.475. The topological polar surface area (TPSA) is 49.4 Å². The molecule has 3 rings (SSSR count). The van der Waals surface area contributed by atoms with Gasteiger partial charge in [0.2, 0.25) is 11.8 Å². The molecule has 1 aliphatic carbocycles. The maximum atomic E-state index is 12.8. The Labute approximate surface area is 174 Å². The Bertz CT molecular complexity index is 738. The SMILES string of the molecule is CCC(C)(C)C1CCC(NC(=O)[C@H]2CC(=O)N(c3cccc(Cl)c3C)C2)CC1. The molecule has 154 valence electrons. The molecule has 1 aromatic carbocycles. The van der Waals surface area contributed by atoms with Crippen LogP contribution in [0.1, 0.15) is 64.9 Å². The van der Waals surface area contributed by atoms with Crippen LogP contribution in [0.3, 0.4) is 0 Å². The monoisotopic (exact) mass is 404 g/mol. The summed E-state index contributed by atoms with van der Waals surface area (Å²) in [6.45, 7) is 9.32. The Kier molecular flexibility index (Phi) is 6.38. The molecule has 0 spiro atoms. The molecule has 0 bridgehead atoms. The number of hydrogen-bond donors (Lipinski definition) is 1. The number of nitrogens with zero attached hydrogens (tertiary/aromatic N) is 1. The molecule has 1 atom stereocenters. The lowest BCUT2D eigenvalue weighted by Gasteiger charge is -2.39. The van der Waals surface area contributed by atoms with Gasteiger partial charge in [0.1, 0.15) is 0 Å². The van der Waals surface area contributed by atoms with Gasteiger partial charge in [0.05, 0.1) is 5.92 Å². The van der Waals surface area contributed by atoms with Crippen molar-refractivity contribution >= 4 is 29.1 Å². The predicted molar refractivity (Wildman–Crippen MR) is 115 cm³/mol. The standard InChI is InChI=1S/C23H33ClN2O2/c1-5-23(3,4)17-9-11-18(12-10-17)25-22(28)16-13-21(27)26(14-16)20-8-6-7-19(24)15(20)2/h6-8,16-18H,5,9-14H2,1-4H3,(H,25,28)/t16-,17?,18?/m0/s1. The second kappa shape index (κ2) is 8.44. The Hall–Kier alpha value is -1.55. The highest BCUT2D eigenvalue weighted by Gasteiger charge is 2.37. The van der Waals surface area contributed by atoms with Gasteiger partial charge in [-0.25, -0.2) is 0 Å². The van der Waals surface area contributed by atoms with Gasteiger partial charge in [-0.3, -0.25) is 9.59 Å². The van der Waals surface area contributed by atoms with Gasteiger partial charge in [-0.1, -0.05) is 44.9 Å². The van der Waals surface area contributed by atoms with Crippen LogP contribution >= 0.6 is 11.6 Å². The van der Waals surface area contributed by atoms with Crippen LogP contribution in [0, 0.1) is 24.2 Å². The highest BCUT2D eigenvalue weighted by Crippen LogP contribution is 2.40. The van der Waals surface area contributed by atoms with E-state index in [0.29, 0.717) is 17.0 Å². The molecule has 0 aromatic heterocycles. The number of carbonyl (C=O) groups is 2. The molecule has 2 amide bonds. The molecule has 1 N–H and O–H groups in total. The summed E-state index contributed by atoms with van der Waals surface area (Å²) in [5, 5.41) is 3.87. The number of nitrogens with one attached hydrogen (secondary N) is 1. The minimum Gasteiger partial charge on any atom is -0.353 e. The Morgan fingerprint density at radius 3 is 2.57 bits per heavy atom. The number of hydrogen-bond acceptors (Lipinski definition) is 2. The summed E-state index contributed by atoms with van der Waals surface area (Å²) < 4.78 is 0. The Morgan fingerprint density at radius 2 is 1.93 bits per heavy atom. The molecular weight excluding hydrogens is 372 g/mol. The third-order valence-electron chi connectivity index (χ3n) is 7.12. The van der Waals surface area contributed by atoms with Crippen molar-refractivity contribution in [3.05, 3.63) is 28.8 Å². The molecule has 0 radical (unpaired) electrons. The van der Waals surface area contributed by atoms with E-state index >= 15 is 0 Å². The van der Waals surface area contributed by atoms with Gasteiger partial charge in [0.25, 0.3) is 0 Å². The highest BCUT2D eigenvalue weighted by atomic mass is 35.5. The van der Waals surface area contributed by atoms with Gasteiger partial charge < -0.3 is 10.2 Å². The third kappa shape index (κ3) is 4.37. The van der Waals surface area contributed by atoms with E-state index in [1.165, 1.54) is 19.3 Å². The van der Waals surface area contributed by atoms with Crippen LogP contribution in [0.2, 0.25) is 5.02 Å². The van der Waals surface area contributed by atoms with Gasteiger partial charge in [-0.05, 0) is 61.6 Å². The number of benzene rings is 1. The molecule has 1 saturated carbocycles. The molecule has 1 saturated heterocycles. The molecule has 28 heavy (non-hydrogen) atoms. The zero-order valence-corrected chi connectivity index (χ0v) is 18.3. The summed E-state index contributed by atoms with van der Waals surface area (Å²) >= 11 is 6.20. The van der Waals surface area contributed by atoms with Crippen LogP contribution in [0.15, 0.2) is 18.2 Å². The lowest BCUT2D eigenvalue weighted by molar-refractivity contribution is -0.127. The maximum Gasteiger partial charge on any atom is 0.227 e. The fourth-order valence-corrected chi connectivity index (χ4v) is 4.80. The molecule has 2 aliphatic rings. The molecule has 5 heteroatoms. The van der Waals surface area contributed by atoms with Crippen molar-refractivity contribution < 1.29 is 9.59 Å². The van der Waals surface area contributed by atoms with E-state index in [0.717, 1.165) is 30.0 Å². The number of anilines is 1. The minimum absolute atomic E-state index is 0.001000. The summed E-state index contributed by atoms with van der Waals surface area (Å²) in [5.41, 5.74) is 2.08. The Morgan fingerprint density at radius 1 is 1.25 bits per heavy atom. The van der Waals surface area contributed by atoms with Crippen LogP contribution in [-0.4, -0.2) is 24.4 Å². The number of rotatable bonds is 5. The quantitative estimate of drug-likeness (QED) is 0.741. The normalized spacial score (nSPS) is 25.8. The van der Waals surface area contributed by atoms with Crippen molar-refractivity contribution in [1.82, 2.24) is 5.32 Å². The van der Waals surface area contributed by atoms with E-state index in [-0.39, 0.29) is 30.2 Å². The van der Waals surface area contributed by atoms with Crippen molar-refractivity contribution in [3.63, 3.8) is 0 Å². The lowest BCUT2D eigenvalue weighted by Crippen LogP contribution is -2.43. The van der Waals surface area contributed by atoms with E-state index in [4.69, 9.17) is 11.6 Å². The zero-order valence-electron chi connectivity index (χ0n) is 17.6. The number of carbonyl (C=O) groups excluding carboxylic acids is 2. The van der Waals surface area contributed by atoms with Crippen LogP contribution in [-0.2, 0) is 9.59 Å². The second-order valence-corrected chi connectivity index (χ2v) is 9.60. The molecule has 1 aliphatic heterocycles. The molecule has 1 heterocycles. The summed E-state index contributed by atoms with van der Waals surface area (Å²) in [6.07, 6.45) is 5.88. The first-order valence-electron chi connectivity index (χ1n) is 10.6. The van der Waals surface area contributed by atoms with Gasteiger partial charge >= 0.3 is 0 Å². The predicted octanol–water partition coefficient (Wildman–Crippen LogP) is 5.11. The first kappa shape index (κ1) is 21.2. The van der Waals surface area contributed by atoms with Gasteiger partial charge in [-0.15, -0.1) is 0 Å². The fourth-order valence-electron chi connectivity index (χ4n) is 4.63. The van der Waals surface area contributed by atoms with Crippen molar-refractivity contribution in [3.8, 4) is 0 Å².